The number of benzene rings is 1. The van der Waals surface area contributed by atoms with Crippen LogP contribution < -0.4 is 4.74 Å². The van der Waals surface area contributed by atoms with Crippen molar-refractivity contribution >= 4 is 0 Å². The highest BCUT2D eigenvalue weighted by atomic mass is 16.5. The van der Waals surface area contributed by atoms with Crippen molar-refractivity contribution in [1.29, 1.82) is 5.26 Å². The summed E-state index contributed by atoms with van der Waals surface area (Å²) in [6.45, 7) is 2.71. The Morgan fingerprint density at radius 3 is 3.00 bits per heavy atom. The maximum atomic E-state index is 9.28. The summed E-state index contributed by atoms with van der Waals surface area (Å²) < 4.78 is 5.53. The molecule has 0 spiro atoms. The first kappa shape index (κ1) is 9.08. The molecule has 1 aromatic rings. The van der Waals surface area contributed by atoms with Gasteiger partial charge in [-0.05, 0) is 12.5 Å². The summed E-state index contributed by atoms with van der Waals surface area (Å²) in [4.78, 5) is 0. The van der Waals surface area contributed by atoms with Crippen molar-refractivity contribution in [2.75, 3.05) is 6.61 Å². The molecule has 0 N–H and O–H groups in total. The van der Waals surface area contributed by atoms with Crippen molar-refractivity contribution in [3.05, 3.63) is 29.8 Å². The molecule has 0 saturated heterocycles. The number of nitriles is 1. The number of fused-ring (bicyclic) bond motifs is 1. The van der Waals surface area contributed by atoms with Gasteiger partial charge in [0.2, 0.25) is 0 Å². The second-order valence-corrected chi connectivity index (χ2v) is 3.64. The second-order valence-electron chi connectivity index (χ2n) is 3.64. The Labute approximate surface area is 84.1 Å². The zero-order valence-electron chi connectivity index (χ0n) is 8.29. The summed E-state index contributed by atoms with van der Waals surface area (Å²) >= 11 is 0. The third-order valence-corrected chi connectivity index (χ3v) is 3.01. The fourth-order valence-corrected chi connectivity index (χ4v) is 2.02. The van der Waals surface area contributed by atoms with Crippen LogP contribution in [-0.4, -0.2) is 6.61 Å². The Balaban J connectivity index is 2.55. The summed E-state index contributed by atoms with van der Waals surface area (Å²) in [6, 6.07) is 10.3. The SMILES string of the molecule is CCC1(C#N)CCOc2ccccc21. The average Bonchev–Trinajstić information content (AvgIpc) is 2.28. The third kappa shape index (κ3) is 1.17. The maximum Gasteiger partial charge on any atom is 0.124 e. The number of rotatable bonds is 1. The van der Waals surface area contributed by atoms with Crippen molar-refractivity contribution in [3.63, 3.8) is 0 Å². The molecule has 2 rings (SSSR count). The summed E-state index contributed by atoms with van der Waals surface area (Å²) in [5, 5.41) is 9.28. The van der Waals surface area contributed by atoms with Crippen LogP contribution in [0.4, 0.5) is 0 Å². The lowest BCUT2D eigenvalue weighted by molar-refractivity contribution is 0.239. The first-order valence-electron chi connectivity index (χ1n) is 4.96. The maximum absolute atomic E-state index is 9.28. The largest absolute Gasteiger partial charge is 0.493 e. The van der Waals surface area contributed by atoms with E-state index in [1.54, 1.807) is 0 Å². The van der Waals surface area contributed by atoms with E-state index < -0.39 is 0 Å². The van der Waals surface area contributed by atoms with Crippen molar-refractivity contribution in [1.82, 2.24) is 0 Å². The number of ether oxygens (including phenoxy) is 1. The van der Waals surface area contributed by atoms with Gasteiger partial charge in [0.25, 0.3) is 0 Å². The van der Waals surface area contributed by atoms with E-state index >= 15 is 0 Å². The van der Waals surface area contributed by atoms with Gasteiger partial charge in [-0.1, -0.05) is 25.1 Å². The molecule has 0 aromatic heterocycles. The Kier molecular flexibility index (Phi) is 2.17. The van der Waals surface area contributed by atoms with Gasteiger partial charge in [0.1, 0.15) is 5.75 Å². The molecule has 72 valence electrons. The molecule has 0 fully saturated rings. The van der Waals surface area contributed by atoms with Crippen LogP contribution in [0, 0.1) is 11.3 Å². The normalized spacial score (nSPS) is 24.6. The van der Waals surface area contributed by atoms with Gasteiger partial charge < -0.3 is 4.74 Å². The zero-order chi connectivity index (χ0) is 10.0. The summed E-state index contributed by atoms with van der Waals surface area (Å²) in [7, 11) is 0. The van der Waals surface area contributed by atoms with Gasteiger partial charge in [0.15, 0.2) is 0 Å². The number of para-hydroxylation sites is 1. The highest BCUT2D eigenvalue weighted by Gasteiger charge is 2.35. The van der Waals surface area contributed by atoms with E-state index in [-0.39, 0.29) is 5.41 Å². The highest BCUT2D eigenvalue weighted by Crippen LogP contribution is 2.40. The van der Waals surface area contributed by atoms with Gasteiger partial charge in [-0.15, -0.1) is 0 Å². The minimum absolute atomic E-state index is 0.325. The van der Waals surface area contributed by atoms with E-state index in [9.17, 15) is 5.26 Å². The van der Waals surface area contributed by atoms with E-state index in [0.717, 1.165) is 24.2 Å². The van der Waals surface area contributed by atoms with Crippen LogP contribution >= 0.6 is 0 Å². The molecule has 1 aromatic carbocycles. The topological polar surface area (TPSA) is 33.0 Å². The summed E-state index contributed by atoms with van der Waals surface area (Å²) in [5.41, 5.74) is 0.728. The van der Waals surface area contributed by atoms with E-state index in [1.807, 2.05) is 24.3 Å². The summed E-state index contributed by atoms with van der Waals surface area (Å²) in [6.07, 6.45) is 1.65. The predicted octanol–water partition coefficient (Wildman–Crippen LogP) is 2.64. The van der Waals surface area contributed by atoms with Gasteiger partial charge in [0, 0.05) is 12.0 Å². The molecule has 0 saturated carbocycles. The smallest absolute Gasteiger partial charge is 0.124 e. The van der Waals surface area contributed by atoms with E-state index in [2.05, 4.69) is 13.0 Å². The van der Waals surface area contributed by atoms with Crippen molar-refractivity contribution in [2.45, 2.75) is 25.2 Å². The Morgan fingerprint density at radius 1 is 1.50 bits per heavy atom. The van der Waals surface area contributed by atoms with Crippen molar-refractivity contribution in [2.24, 2.45) is 0 Å². The molecule has 1 aliphatic rings. The van der Waals surface area contributed by atoms with Crippen LogP contribution in [0.3, 0.4) is 0 Å². The molecule has 0 radical (unpaired) electrons. The number of hydrogen-bond donors (Lipinski definition) is 0. The molecule has 2 nitrogen and oxygen atoms in total. The molecule has 1 unspecified atom stereocenters. The monoisotopic (exact) mass is 187 g/mol. The van der Waals surface area contributed by atoms with Gasteiger partial charge in [0.05, 0.1) is 18.1 Å². The number of hydrogen-bond acceptors (Lipinski definition) is 2. The highest BCUT2D eigenvalue weighted by molar-refractivity contribution is 5.45. The van der Waals surface area contributed by atoms with Gasteiger partial charge in [-0.3, -0.25) is 0 Å². The van der Waals surface area contributed by atoms with E-state index in [4.69, 9.17) is 4.74 Å². The predicted molar refractivity (Wildman–Crippen MR) is 54.1 cm³/mol. The van der Waals surface area contributed by atoms with E-state index in [0.29, 0.717) is 6.61 Å². The van der Waals surface area contributed by atoms with Crippen LogP contribution in [0.25, 0.3) is 0 Å². The quantitative estimate of drug-likeness (QED) is 0.677. The molecule has 14 heavy (non-hydrogen) atoms. The second kappa shape index (κ2) is 3.34. The lowest BCUT2D eigenvalue weighted by Crippen LogP contribution is -2.30. The number of nitrogens with zero attached hydrogens (tertiary/aromatic N) is 1. The van der Waals surface area contributed by atoms with Crippen molar-refractivity contribution < 1.29 is 4.74 Å². The average molecular weight is 187 g/mol. The minimum Gasteiger partial charge on any atom is -0.493 e. The molecule has 0 aliphatic carbocycles. The molecule has 0 bridgehead atoms. The molecule has 2 heteroatoms. The molecule has 0 amide bonds. The standard InChI is InChI=1S/C12H13NO/c1-2-12(9-13)7-8-14-11-6-4-3-5-10(11)12/h3-6H,2,7-8H2,1H3. The van der Waals surface area contributed by atoms with Crippen LogP contribution in [-0.2, 0) is 5.41 Å². The zero-order valence-corrected chi connectivity index (χ0v) is 8.29. The Hall–Kier alpha value is -1.49. The fourth-order valence-electron chi connectivity index (χ4n) is 2.02. The Morgan fingerprint density at radius 2 is 2.29 bits per heavy atom. The van der Waals surface area contributed by atoms with Gasteiger partial charge in [-0.2, -0.15) is 5.26 Å². The lowest BCUT2D eigenvalue weighted by atomic mass is 9.75. The molecular weight excluding hydrogens is 174 g/mol. The van der Waals surface area contributed by atoms with Gasteiger partial charge >= 0.3 is 0 Å². The summed E-state index contributed by atoms with van der Waals surface area (Å²) in [5.74, 6) is 0.877. The Bertz CT molecular complexity index is 380. The first-order chi connectivity index (χ1) is 6.82. The minimum atomic E-state index is -0.325. The first-order valence-corrected chi connectivity index (χ1v) is 4.96. The molecule has 1 atom stereocenters. The van der Waals surface area contributed by atoms with Crippen molar-refractivity contribution in [3.8, 4) is 11.8 Å². The fraction of sp³-hybridized carbons (Fsp3) is 0.417. The van der Waals surface area contributed by atoms with Gasteiger partial charge in [-0.25, -0.2) is 0 Å². The van der Waals surface area contributed by atoms with Crippen LogP contribution in [0.2, 0.25) is 0 Å². The van der Waals surface area contributed by atoms with Crippen LogP contribution in [0.15, 0.2) is 24.3 Å². The van der Waals surface area contributed by atoms with E-state index in [1.165, 1.54) is 0 Å². The lowest BCUT2D eigenvalue weighted by Gasteiger charge is -2.32. The molecule has 1 heterocycles. The third-order valence-electron chi connectivity index (χ3n) is 3.01. The molecule has 1 aliphatic heterocycles. The van der Waals surface area contributed by atoms with Crippen LogP contribution in [0.5, 0.6) is 5.75 Å². The van der Waals surface area contributed by atoms with Crippen LogP contribution in [0.1, 0.15) is 25.3 Å². The molecular formula is C12H13NO.